The van der Waals surface area contributed by atoms with E-state index in [1.54, 1.807) is 18.2 Å². The standard InChI is InChI=1S/C15H11BrClNO3/c1-8-2-4-10(17)7-11(8)14(19)18-13-5-3-9(15(20)21)6-12(13)16/h2-7H,1H3,(H,18,19)(H,20,21). The number of aryl methyl sites for hydroxylation is 1. The maximum Gasteiger partial charge on any atom is 0.335 e. The third kappa shape index (κ3) is 3.62. The summed E-state index contributed by atoms with van der Waals surface area (Å²) in [5.74, 6) is -1.34. The number of carbonyl (C=O) groups excluding carboxylic acids is 1. The molecule has 0 aliphatic carbocycles. The SMILES string of the molecule is Cc1ccc(Cl)cc1C(=O)Nc1ccc(C(=O)O)cc1Br. The number of carbonyl (C=O) groups is 2. The molecule has 1 amide bonds. The van der Waals surface area contributed by atoms with Gasteiger partial charge in [-0.05, 0) is 58.7 Å². The van der Waals surface area contributed by atoms with Crippen LogP contribution in [0, 0.1) is 6.92 Å². The maximum atomic E-state index is 12.3. The molecule has 2 aromatic rings. The Balaban J connectivity index is 2.27. The number of halogens is 2. The highest BCUT2D eigenvalue weighted by molar-refractivity contribution is 9.10. The summed E-state index contributed by atoms with van der Waals surface area (Å²) in [6.45, 7) is 1.81. The Morgan fingerprint density at radius 3 is 2.52 bits per heavy atom. The number of carboxylic acid groups (broad SMARTS) is 1. The van der Waals surface area contributed by atoms with E-state index >= 15 is 0 Å². The molecule has 4 nitrogen and oxygen atoms in total. The lowest BCUT2D eigenvalue weighted by Gasteiger charge is -2.10. The lowest BCUT2D eigenvalue weighted by atomic mass is 10.1. The third-order valence-corrected chi connectivity index (χ3v) is 3.80. The Morgan fingerprint density at radius 1 is 1.19 bits per heavy atom. The first-order chi connectivity index (χ1) is 9.88. The van der Waals surface area contributed by atoms with Crippen LogP contribution >= 0.6 is 27.5 Å². The van der Waals surface area contributed by atoms with Gasteiger partial charge in [0.15, 0.2) is 0 Å². The van der Waals surface area contributed by atoms with Crippen molar-refractivity contribution in [3.05, 3.63) is 62.6 Å². The Bertz CT molecular complexity index is 731. The van der Waals surface area contributed by atoms with Crippen LogP contribution in [0.1, 0.15) is 26.3 Å². The summed E-state index contributed by atoms with van der Waals surface area (Å²) in [6.07, 6.45) is 0. The predicted molar refractivity (Wildman–Crippen MR) is 85.2 cm³/mol. The molecule has 0 unspecified atom stereocenters. The van der Waals surface area contributed by atoms with Crippen LogP contribution in [0.4, 0.5) is 5.69 Å². The number of nitrogens with one attached hydrogen (secondary N) is 1. The van der Waals surface area contributed by atoms with Crippen LogP contribution in [0.3, 0.4) is 0 Å². The molecule has 2 rings (SSSR count). The lowest BCUT2D eigenvalue weighted by molar-refractivity contribution is 0.0696. The van der Waals surface area contributed by atoms with Crippen molar-refractivity contribution < 1.29 is 14.7 Å². The minimum absolute atomic E-state index is 0.138. The Hall–Kier alpha value is -1.85. The van der Waals surface area contributed by atoms with Crippen LogP contribution < -0.4 is 5.32 Å². The number of amides is 1. The van der Waals surface area contributed by atoms with Crippen LogP contribution in [0.5, 0.6) is 0 Å². The van der Waals surface area contributed by atoms with Gasteiger partial charge >= 0.3 is 5.97 Å². The van der Waals surface area contributed by atoms with Crippen molar-refractivity contribution in [2.24, 2.45) is 0 Å². The monoisotopic (exact) mass is 367 g/mol. The smallest absolute Gasteiger partial charge is 0.335 e. The fraction of sp³-hybridized carbons (Fsp3) is 0.0667. The van der Waals surface area contributed by atoms with Gasteiger partial charge in [0.2, 0.25) is 0 Å². The number of rotatable bonds is 3. The van der Waals surface area contributed by atoms with Crippen LogP contribution in [-0.2, 0) is 0 Å². The van der Waals surface area contributed by atoms with Crippen molar-refractivity contribution in [1.29, 1.82) is 0 Å². The topological polar surface area (TPSA) is 66.4 Å². The molecule has 0 fully saturated rings. The summed E-state index contributed by atoms with van der Waals surface area (Å²) in [6, 6.07) is 9.46. The van der Waals surface area contributed by atoms with E-state index in [9.17, 15) is 9.59 Å². The van der Waals surface area contributed by atoms with Gasteiger partial charge in [0.05, 0.1) is 11.3 Å². The average molecular weight is 369 g/mol. The summed E-state index contributed by atoms with van der Waals surface area (Å²) < 4.78 is 0.496. The summed E-state index contributed by atoms with van der Waals surface area (Å²) in [5, 5.41) is 12.1. The highest BCUT2D eigenvalue weighted by Crippen LogP contribution is 2.25. The van der Waals surface area contributed by atoms with Gasteiger partial charge in [-0.15, -0.1) is 0 Å². The molecule has 6 heteroatoms. The second-order valence-electron chi connectivity index (χ2n) is 4.41. The van der Waals surface area contributed by atoms with Crippen LogP contribution in [-0.4, -0.2) is 17.0 Å². The first kappa shape index (κ1) is 15.5. The van der Waals surface area contributed by atoms with Gasteiger partial charge in [0.1, 0.15) is 0 Å². The van der Waals surface area contributed by atoms with Crippen molar-refractivity contribution in [3.63, 3.8) is 0 Å². The predicted octanol–water partition coefficient (Wildman–Crippen LogP) is 4.36. The largest absolute Gasteiger partial charge is 0.478 e. The van der Waals surface area contributed by atoms with E-state index in [0.29, 0.717) is 20.7 Å². The highest BCUT2D eigenvalue weighted by atomic mass is 79.9. The fourth-order valence-corrected chi connectivity index (χ4v) is 2.43. The Morgan fingerprint density at radius 2 is 1.90 bits per heavy atom. The van der Waals surface area contributed by atoms with Crippen LogP contribution in [0.2, 0.25) is 5.02 Å². The summed E-state index contributed by atoms with van der Waals surface area (Å²) in [5.41, 5.74) is 1.90. The van der Waals surface area contributed by atoms with Gasteiger partial charge in [-0.2, -0.15) is 0 Å². The second-order valence-corrected chi connectivity index (χ2v) is 5.70. The van der Waals surface area contributed by atoms with Gasteiger partial charge in [-0.3, -0.25) is 4.79 Å². The van der Waals surface area contributed by atoms with Gasteiger partial charge < -0.3 is 10.4 Å². The fourth-order valence-electron chi connectivity index (χ4n) is 1.78. The average Bonchev–Trinajstić information content (AvgIpc) is 2.43. The van der Waals surface area contributed by atoms with E-state index in [-0.39, 0.29) is 11.5 Å². The number of carboxylic acids is 1. The Labute approximate surface area is 134 Å². The molecule has 0 heterocycles. The molecule has 108 valence electrons. The number of hydrogen-bond acceptors (Lipinski definition) is 2. The summed E-state index contributed by atoms with van der Waals surface area (Å²) in [7, 11) is 0. The molecule has 0 saturated heterocycles. The quantitative estimate of drug-likeness (QED) is 0.846. The highest BCUT2D eigenvalue weighted by Gasteiger charge is 2.13. The molecule has 0 aliphatic heterocycles. The molecule has 0 atom stereocenters. The van der Waals surface area contributed by atoms with Crippen molar-refractivity contribution in [2.75, 3.05) is 5.32 Å². The first-order valence-electron chi connectivity index (χ1n) is 5.99. The zero-order chi connectivity index (χ0) is 15.6. The number of aromatic carboxylic acids is 1. The number of anilines is 1. The minimum Gasteiger partial charge on any atom is -0.478 e. The van der Waals surface area contributed by atoms with E-state index in [4.69, 9.17) is 16.7 Å². The Kier molecular flexibility index (Phi) is 4.65. The van der Waals surface area contributed by atoms with Crippen molar-refractivity contribution in [3.8, 4) is 0 Å². The number of benzene rings is 2. The second kappa shape index (κ2) is 6.28. The summed E-state index contributed by atoms with van der Waals surface area (Å²) >= 11 is 9.14. The van der Waals surface area contributed by atoms with Crippen molar-refractivity contribution >= 4 is 45.1 Å². The van der Waals surface area contributed by atoms with Gasteiger partial charge in [-0.1, -0.05) is 17.7 Å². The minimum atomic E-state index is -1.03. The van der Waals surface area contributed by atoms with Gasteiger partial charge in [-0.25, -0.2) is 4.79 Å². The summed E-state index contributed by atoms with van der Waals surface area (Å²) in [4.78, 5) is 23.1. The molecule has 0 aliphatic rings. The van der Waals surface area contributed by atoms with E-state index < -0.39 is 5.97 Å². The van der Waals surface area contributed by atoms with E-state index in [2.05, 4.69) is 21.2 Å². The zero-order valence-corrected chi connectivity index (χ0v) is 13.3. The first-order valence-corrected chi connectivity index (χ1v) is 7.16. The van der Waals surface area contributed by atoms with Crippen LogP contribution in [0.25, 0.3) is 0 Å². The van der Waals surface area contributed by atoms with E-state index in [1.807, 2.05) is 6.92 Å². The van der Waals surface area contributed by atoms with Crippen LogP contribution in [0.15, 0.2) is 40.9 Å². The molecule has 0 radical (unpaired) electrons. The molecule has 21 heavy (non-hydrogen) atoms. The van der Waals surface area contributed by atoms with E-state index in [0.717, 1.165) is 5.56 Å². The van der Waals surface area contributed by atoms with Gasteiger partial charge in [0.25, 0.3) is 5.91 Å². The molecule has 2 aromatic carbocycles. The normalized spacial score (nSPS) is 10.2. The maximum absolute atomic E-state index is 12.3. The molecular formula is C15H11BrClNO3. The molecule has 0 spiro atoms. The molecule has 2 N–H and O–H groups in total. The molecule has 0 bridgehead atoms. The molecule has 0 saturated carbocycles. The molecular weight excluding hydrogens is 358 g/mol. The van der Waals surface area contributed by atoms with Crippen molar-refractivity contribution in [2.45, 2.75) is 6.92 Å². The zero-order valence-electron chi connectivity index (χ0n) is 11.0. The van der Waals surface area contributed by atoms with Crippen molar-refractivity contribution in [1.82, 2.24) is 0 Å². The lowest BCUT2D eigenvalue weighted by Crippen LogP contribution is -2.14. The molecule has 0 aromatic heterocycles. The number of hydrogen-bond donors (Lipinski definition) is 2. The van der Waals surface area contributed by atoms with E-state index in [1.165, 1.54) is 18.2 Å². The van der Waals surface area contributed by atoms with Gasteiger partial charge in [0, 0.05) is 15.1 Å². The third-order valence-electron chi connectivity index (χ3n) is 2.91.